The van der Waals surface area contributed by atoms with Gasteiger partial charge in [-0.05, 0) is 79.1 Å². The monoisotopic (exact) mass is 444 g/mol. The molecule has 0 atom stereocenters. The summed E-state index contributed by atoms with van der Waals surface area (Å²) in [6, 6.07) is 20.8. The smallest absolute Gasteiger partial charge is 0.338 e. The van der Waals surface area contributed by atoms with Crippen molar-refractivity contribution >= 4 is 23.3 Å². The van der Waals surface area contributed by atoms with Crippen LogP contribution in [0.25, 0.3) is 11.1 Å². The van der Waals surface area contributed by atoms with Crippen LogP contribution in [-0.2, 0) is 9.47 Å². The second-order valence-electron chi connectivity index (χ2n) is 7.93. The molecule has 1 saturated heterocycles. The summed E-state index contributed by atoms with van der Waals surface area (Å²) in [6.45, 7) is 7.34. The Morgan fingerprint density at radius 2 is 1.61 bits per heavy atom. The quantitative estimate of drug-likeness (QED) is 0.546. The van der Waals surface area contributed by atoms with Crippen molar-refractivity contribution in [1.29, 1.82) is 0 Å². The molecular formula is C27H28N2O4. The van der Waals surface area contributed by atoms with Gasteiger partial charge >= 0.3 is 5.97 Å². The summed E-state index contributed by atoms with van der Waals surface area (Å²) < 4.78 is 10.4. The van der Waals surface area contributed by atoms with Crippen molar-refractivity contribution in [2.75, 3.05) is 43.1 Å². The van der Waals surface area contributed by atoms with E-state index in [1.165, 1.54) is 0 Å². The highest BCUT2D eigenvalue weighted by atomic mass is 16.5. The highest BCUT2D eigenvalue weighted by Gasteiger charge is 2.13. The van der Waals surface area contributed by atoms with Crippen molar-refractivity contribution in [1.82, 2.24) is 0 Å². The number of hydrogen-bond donors (Lipinski definition) is 1. The molecule has 0 radical (unpaired) electrons. The second kappa shape index (κ2) is 10.3. The molecule has 0 aliphatic carbocycles. The lowest BCUT2D eigenvalue weighted by Gasteiger charge is -2.28. The summed E-state index contributed by atoms with van der Waals surface area (Å²) in [5, 5.41) is 2.98. The van der Waals surface area contributed by atoms with Crippen LogP contribution in [0, 0.1) is 6.92 Å². The first kappa shape index (κ1) is 22.6. The third kappa shape index (κ3) is 5.41. The van der Waals surface area contributed by atoms with E-state index < -0.39 is 0 Å². The molecule has 6 nitrogen and oxygen atoms in total. The summed E-state index contributed by atoms with van der Waals surface area (Å²) >= 11 is 0. The van der Waals surface area contributed by atoms with E-state index in [0.29, 0.717) is 17.7 Å². The van der Waals surface area contributed by atoms with Gasteiger partial charge in [-0.2, -0.15) is 0 Å². The second-order valence-corrected chi connectivity index (χ2v) is 7.93. The van der Waals surface area contributed by atoms with E-state index in [1.807, 2.05) is 61.5 Å². The number of morpholine rings is 1. The highest BCUT2D eigenvalue weighted by Crippen LogP contribution is 2.26. The van der Waals surface area contributed by atoms with E-state index in [1.54, 1.807) is 19.1 Å². The fourth-order valence-corrected chi connectivity index (χ4v) is 3.85. The Bertz CT molecular complexity index is 1120. The van der Waals surface area contributed by atoms with Crippen LogP contribution < -0.4 is 10.2 Å². The van der Waals surface area contributed by atoms with Gasteiger partial charge in [-0.1, -0.05) is 18.2 Å². The number of hydrogen-bond acceptors (Lipinski definition) is 5. The maximum Gasteiger partial charge on any atom is 0.338 e. The van der Waals surface area contributed by atoms with Gasteiger partial charge in [0.1, 0.15) is 0 Å². The average Bonchev–Trinajstić information content (AvgIpc) is 2.85. The number of rotatable bonds is 6. The van der Waals surface area contributed by atoms with Gasteiger partial charge < -0.3 is 19.7 Å². The van der Waals surface area contributed by atoms with E-state index in [0.717, 1.165) is 54.4 Å². The highest BCUT2D eigenvalue weighted by molar-refractivity contribution is 6.05. The number of carbonyl (C=O) groups excluding carboxylic acids is 2. The number of aryl methyl sites for hydroxylation is 1. The fourth-order valence-electron chi connectivity index (χ4n) is 3.85. The summed E-state index contributed by atoms with van der Waals surface area (Å²) in [7, 11) is 0. The molecule has 4 rings (SSSR count). The lowest BCUT2D eigenvalue weighted by molar-refractivity contribution is 0.0526. The number of esters is 1. The SMILES string of the molecule is CCOC(=O)c1ccc(-c2cc(C(=O)Nc3ccc(N4CCOCC4)cc3)ccc2C)cc1. The summed E-state index contributed by atoms with van der Waals surface area (Å²) in [4.78, 5) is 27.1. The molecule has 0 aromatic heterocycles. The Kier molecular flexibility index (Phi) is 7.05. The number of amides is 1. The van der Waals surface area contributed by atoms with Crippen LogP contribution in [0.4, 0.5) is 11.4 Å². The summed E-state index contributed by atoms with van der Waals surface area (Å²) in [6.07, 6.45) is 0. The van der Waals surface area contributed by atoms with Crippen LogP contribution in [0.3, 0.4) is 0 Å². The molecule has 1 heterocycles. The summed E-state index contributed by atoms with van der Waals surface area (Å²) in [5.41, 5.74) is 5.88. The van der Waals surface area contributed by atoms with E-state index in [-0.39, 0.29) is 11.9 Å². The van der Waals surface area contributed by atoms with E-state index in [2.05, 4.69) is 10.2 Å². The van der Waals surface area contributed by atoms with Crippen LogP contribution in [-0.4, -0.2) is 44.8 Å². The van der Waals surface area contributed by atoms with Crippen molar-refractivity contribution in [2.24, 2.45) is 0 Å². The predicted molar refractivity (Wildman–Crippen MR) is 130 cm³/mol. The largest absolute Gasteiger partial charge is 0.462 e. The Morgan fingerprint density at radius 1 is 0.939 bits per heavy atom. The lowest BCUT2D eigenvalue weighted by Crippen LogP contribution is -2.36. The third-order valence-corrected chi connectivity index (χ3v) is 5.71. The molecule has 1 N–H and O–H groups in total. The van der Waals surface area contributed by atoms with Crippen LogP contribution in [0.15, 0.2) is 66.7 Å². The molecule has 0 saturated carbocycles. The molecule has 6 heteroatoms. The lowest BCUT2D eigenvalue weighted by atomic mass is 9.97. The molecule has 0 spiro atoms. The summed E-state index contributed by atoms with van der Waals surface area (Å²) in [5.74, 6) is -0.507. The Hall–Kier alpha value is -3.64. The number of anilines is 2. The van der Waals surface area contributed by atoms with Crippen molar-refractivity contribution in [3.8, 4) is 11.1 Å². The van der Waals surface area contributed by atoms with Crippen molar-refractivity contribution < 1.29 is 19.1 Å². The zero-order chi connectivity index (χ0) is 23.2. The minimum Gasteiger partial charge on any atom is -0.462 e. The number of nitrogens with one attached hydrogen (secondary N) is 1. The molecule has 1 aliphatic heterocycles. The topological polar surface area (TPSA) is 67.9 Å². The van der Waals surface area contributed by atoms with Crippen molar-refractivity contribution in [2.45, 2.75) is 13.8 Å². The van der Waals surface area contributed by atoms with Gasteiger partial charge in [-0.25, -0.2) is 4.79 Å². The number of ether oxygens (including phenoxy) is 2. The first-order chi connectivity index (χ1) is 16.0. The molecule has 170 valence electrons. The first-order valence-electron chi connectivity index (χ1n) is 11.2. The first-order valence-corrected chi connectivity index (χ1v) is 11.2. The molecule has 0 unspecified atom stereocenters. The molecular weight excluding hydrogens is 416 g/mol. The van der Waals surface area contributed by atoms with Gasteiger partial charge in [0.25, 0.3) is 5.91 Å². The van der Waals surface area contributed by atoms with Crippen molar-refractivity contribution in [3.63, 3.8) is 0 Å². The van der Waals surface area contributed by atoms with E-state index in [4.69, 9.17) is 9.47 Å². The minimum atomic E-state index is -0.339. The molecule has 33 heavy (non-hydrogen) atoms. The molecule has 1 aliphatic rings. The molecule has 0 bridgehead atoms. The minimum absolute atomic E-state index is 0.168. The van der Waals surface area contributed by atoms with Gasteiger partial charge in [0.15, 0.2) is 0 Å². The maximum absolute atomic E-state index is 12.9. The van der Waals surface area contributed by atoms with Crippen LogP contribution in [0.5, 0.6) is 0 Å². The maximum atomic E-state index is 12.9. The normalized spacial score (nSPS) is 13.5. The predicted octanol–water partition coefficient (Wildman–Crippen LogP) is 4.93. The standard InChI is InChI=1S/C27H28N2O4/c1-3-33-27(31)21-8-6-20(7-9-21)25-18-22(5-4-19(25)2)26(30)28-23-10-12-24(13-11-23)29-14-16-32-17-15-29/h4-13,18H,3,14-17H2,1-2H3,(H,28,30). The molecule has 1 amide bonds. The number of carbonyl (C=O) groups is 2. The van der Waals surface area contributed by atoms with Gasteiger partial charge in [-0.15, -0.1) is 0 Å². The third-order valence-electron chi connectivity index (χ3n) is 5.71. The van der Waals surface area contributed by atoms with Crippen LogP contribution >= 0.6 is 0 Å². The molecule has 3 aromatic carbocycles. The van der Waals surface area contributed by atoms with Gasteiger partial charge in [0, 0.05) is 30.0 Å². The van der Waals surface area contributed by atoms with E-state index in [9.17, 15) is 9.59 Å². The Balaban J connectivity index is 1.47. The number of benzene rings is 3. The fraction of sp³-hybridized carbons (Fsp3) is 0.259. The zero-order valence-electron chi connectivity index (χ0n) is 19.0. The zero-order valence-corrected chi connectivity index (χ0v) is 19.0. The Morgan fingerprint density at radius 3 is 2.27 bits per heavy atom. The molecule has 1 fully saturated rings. The van der Waals surface area contributed by atoms with Crippen LogP contribution in [0.2, 0.25) is 0 Å². The molecule has 3 aromatic rings. The van der Waals surface area contributed by atoms with Gasteiger partial charge in [0.05, 0.1) is 25.4 Å². The Labute approximate surface area is 194 Å². The average molecular weight is 445 g/mol. The van der Waals surface area contributed by atoms with E-state index >= 15 is 0 Å². The van der Waals surface area contributed by atoms with Crippen LogP contribution in [0.1, 0.15) is 33.2 Å². The number of nitrogens with zero attached hydrogens (tertiary/aromatic N) is 1. The van der Waals surface area contributed by atoms with Crippen molar-refractivity contribution in [3.05, 3.63) is 83.4 Å². The van der Waals surface area contributed by atoms with Gasteiger partial charge in [0.2, 0.25) is 0 Å². The van der Waals surface area contributed by atoms with Gasteiger partial charge in [-0.3, -0.25) is 4.79 Å².